The number of fused-ring (bicyclic) bond motifs is 2. The number of Topliss-reactive ketones (excluding diaryl/α,β-unsaturated/α-hetero) is 2. The minimum atomic E-state index is -1.09. The molecule has 5 nitrogen and oxygen atoms in total. The second-order valence-corrected chi connectivity index (χ2v) is 5.99. The lowest BCUT2D eigenvalue weighted by molar-refractivity contribution is -0.141. The molecule has 0 heterocycles. The molecule has 2 aliphatic rings. The van der Waals surface area contributed by atoms with Gasteiger partial charge in [-0.2, -0.15) is 0 Å². The number of aliphatic carboxylic acids is 1. The van der Waals surface area contributed by atoms with E-state index >= 15 is 0 Å². The molecule has 3 N–H and O–H groups in total. The predicted octanol–water partition coefficient (Wildman–Crippen LogP) is 1.05. The van der Waals surface area contributed by atoms with Crippen LogP contribution in [-0.4, -0.2) is 28.7 Å². The molecule has 4 atom stereocenters. The molecule has 1 aromatic rings. The van der Waals surface area contributed by atoms with E-state index < -0.39 is 17.9 Å². The van der Waals surface area contributed by atoms with Gasteiger partial charge in [-0.25, -0.2) is 0 Å². The molecule has 0 aliphatic heterocycles. The molecule has 2 aliphatic carbocycles. The summed E-state index contributed by atoms with van der Waals surface area (Å²) >= 11 is 0. The molecule has 1 fully saturated rings. The summed E-state index contributed by atoms with van der Waals surface area (Å²) in [6.07, 6.45) is 1.24. The van der Waals surface area contributed by atoms with Gasteiger partial charge >= 0.3 is 5.97 Å². The first-order valence-electron chi connectivity index (χ1n) is 7.12. The second-order valence-electron chi connectivity index (χ2n) is 5.99. The topological polar surface area (TPSA) is 97.5 Å². The molecule has 3 rings (SSSR count). The Bertz CT molecular complexity index is 624. The van der Waals surface area contributed by atoms with Crippen LogP contribution in [0.15, 0.2) is 24.3 Å². The zero-order valence-electron chi connectivity index (χ0n) is 11.5. The van der Waals surface area contributed by atoms with Gasteiger partial charge in [-0.3, -0.25) is 14.4 Å². The molecule has 0 radical (unpaired) electrons. The molecule has 1 saturated carbocycles. The Hall–Kier alpha value is -2.01. The third-order valence-corrected chi connectivity index (χ3v) is 4.73. The van der Waals surface area contributed by atoms with Crippen molar-refractivity contribution in [3.05, 3.63) is 35.4 Å². The standard InChI is InChI=1S/C16H17NO4/c17-14(16(20)21)10-6-9-5-8-3-1-2-4-11(8)15(19)13(9)12(18)7-10/h1-4,9-10,13-14H,5-7,17H2,(H,20,21). The number of hydrogen-bond donors (Lipinski definition) is 2. The van der Waals surface area contributed by atoms with Crippen LogP contribution in [0.2, 0.25) is 0 Å². The third kappa shape index (κ3) is 2.27. The van der Waals surface area contributed by atoms with Crippen LogP contribution in [0.1, 0.15) is 28.8 Å². The molecule has 0 aromatic heterocycles. The minimum Gasteiger partial charge on any atom is -0.480 e. The Balaban J connectivity index is 1.91. The first kappa shape index (κ1) is 13.9. The molecule has 0 bridgehead atoms. The van der Waals surface area contributed by atoms with Gasteiger partial charge in [0.15, 0.2) is 5.78 Å². The van der Waals surface area contributed by atoms with Gasteiger partial charge in [0.25, 0.3) is 0 Å². The van der Waals surface area contributed by atoms with Crippen molar-refractivity contribution in [2.45, 2.75) is 25.3 Å². The fourth-order valence-corrected chi connectivity index (χ4v) is 3.68. The minimum absolute atomic E-state index is 0.0859. The SMILES string of the molecule is NC(C(=O)O)C1CC(=O)C2C(=O)c3ccccc3CC2C1. The second kappa shape index (κ2) is 5.07. The van der Waals surface area contributed by atoms with Crippen molar-refractivity contribution in [1.29, 1.82) is 0 Å². The normalized spacial score (nSPS) is 29.5. The quantitative estimate of drug-likeness (QED) is 0.792. The Morgan fingerprint density at radius 1 is 1.24 bits per heavy atom. The van der Waals surface area contributed by atoms with Crippen LogP contribution in [0.25, 0.3) is 0 Å². The lowest BCUT2D eigenvalue weighted by Crippen LogP contribution is -2.48. The number of carboxylic acids is 1. The largest absolute Gasteiger partial charge is 0.480 e. The van der Waals surface area contributed by atoms with E-state index in [4.69, 9.17) is 10.8 Å². The van der Waals surface area contributed by atoms with E-state index in [1.165, 1.54) is 0 Å². The fraction of sp³-hybridized carbons (Fsp3) is 0.438. The highest BCUT2D eigenvalue weighted by atomic mass is 16.4. The lowest BCUT2D eigenvalue weighted by Gasteiger charge is -2.38. The van der Waals surface area contributed by atoms with Crippen LogP contribution in [0.5, 0.6) is 0 Å². The maximum atomic E-state index is 12.5. The summed E-state index contributed by atoms with van der Waals surface area (Å²) in [6.45, 7) is 0. The van der Waals surface area contributed by atoms with Crippen molar-refractivity contribution >= 4 is 17.5 Å². The Kier molecular flexibility index (Phi) is 3.37. The average Bonchev–Trinajstić information content (AvgIpc) is 2.46. The number of carbonyl (C=O) groups is 3. The Labute approximate surface area is 122 Å². The van der Waals surface area contributed by atoms with E-state index in [9.17, 15) is 14.4 Å². The van der Waals surface area contributed by atoms with Gasteiger partial charge in [-0.15, -0.1) is 0 Å². The molecule has 1 aromatic carbocycles. The van der Waals surface area contributed by atoms with Crippen molar-refractivity contribution in [2.75, 3.05) is 0 Å². The van der Waals surface area contributed by atoms with Crippen molar-refractivity contribution in [3.8, 4) is 0 Å². The van der Waals surface area contributed by atoms with Crippen LogP contribution >= 0.6 is 0 Å². The van der Waals surface area contributed by atoms with Gasteiger partial charge in [0.1, 0.15) is 11.8 Å². The number of carbonyl (C=O) groups excluding carboxylic acids is 2. The summed E-state index contributed by atoms with van der Waals surface area (Å²) in [5.41, 5.74) is 7.25. The third-order valence-electron chi connectivity index (χ3n) is 4.73. The molecule has 0 amide bonds. The monoisotopic (exact) mass is 287 g/mol. The molecule has 21 heavy (non-hydrogen) atoms. The summed E-state index contributed by atoms with van der Waals surface area (Å²) in [5, 5.41) is 9.02. The summed E-state index contributed by atoms with van der Waals surface area (Å²) in [6, 6.07) is 6.29. The van der Waals surface area contributed by atoms with E-state index in [1.54, 1.807) is 12.1 Å². The zero-order chi connectivity index (χ0) is 15.1. The smallest absolute Gasteiger partial charge is 0.320 e. The molecule has 0 saturated heterocycles. The van der Waals surface area contributed by atoms with Gasteiger partial charge < -0.3 is 10.8 Å². The highest BCUT2D eigenvalue weighted by molar-refractivity contribution is 6.13. The van der Waals surface area contributed by atoms with Gasteiger partial charge in [0.2, 0.25) is 0 Å². The van der Waals surface area contributed by atoms with E-state index in [-0.39, 0.29) is 29.8 Å². The van der Waals surface area contributed by atoms with Gasteiger partial charge in [-0.1, -0.05) is 24.3 Å². The lowest BCUT2D eigenvalue weighted by atomic mass is 9.63. The van der Waals surface area contributed by atoms with Gasteiger partial charge in [0.05, 0.1) is 5.92 Å². The summed E-state index contributed by atoms with van der Waals surface area (Å²) in [7, 11) is 0. The van der Waals surface area contributed by atoms with Gasteiger partial charge in [0, 0.05) is 12.0 Å². The molecule has 4 unspecified atom stereocenters. The Morgan fingerprint density at radius 3 is 2.67 bits per heavy atom. The van der Waals surface area contributed by atoms with E-state index in [0.717, 1.165) is 5.56 Å². The number of nitrogens with two attached hydrogens (primary N) is 1. The van der Waals surface area contributed by atoms with E-state index in [0.29, 0.717) is 18.4 Å². The average molecular weight is 287 g/mol. The van der Waals surface area contributed by atoms with Crippen LogP contribution < -0.4 is 5.73 Å². The first-order chi connectivity index (χ1) is 9.99. The summed E-state index contributed by atoms with van der Waals surface area (Å²) in [4.78, 5) is 35.8. The summed E-state index contributed by atoms with van der Waals surface area (Å²) in [5.74, 6) is -2.48. The molecule has 5 heteroatoms. The zero-order valence-corrected chi connectivity index (χ0v) is 11.5. The highest BCUT2D eigenvalue weighted by Gasteiger charge is 2.46. The number of benzene rings is 1. The first-order valence-corrected chi connectivity index (χ1v) is 7.12. The maximum absolute atomic E-state index is 12.5. The fourth-order valence-electron chi connectivity index (χ4n) is 3.68. The van der Waals surface area contributed by atoms with Gasteiger partial charge in [-0.05, 0) is 30.2 Å². The van der Waals surface area contributed by atoms with Crippen molar-refractivity contribution in [3.63, 3.8) is 0 Å². The number of rotatable bonds is 2. The number of ketones is 2. The molecule has 0 spiro atoms. The molecular weight excluding hydrogens is 270 g/mol. The van der Waals surface area contributed by atoms with Crippen molar-refractivity contribution < 1.29 is 19.5 Å². The van der Waals surface area contributed by atoms with Crippen LogP contribution in [-0.2, 0) is 16.0 Å². The van der Waals surface area contributed by atoms with Crippen LogP contribution in [0.4, 0.5) is 0 Å². The Morgan fingerprint density at radius 2 is 1.95 bits per heavy atom. The van der Waals surface area contributed by atoms with Crippen molar-refractivity contribution in [1.82, 2.24) is 0 Å². The highest BCUT2D eigenvalue weighted by Crippen LogP contribution is 2.40. The molecule has 110 valence electrons. The van der Waals surface area contributed by atoms with E-state index in [1.807, 2.05) is 12.1 Å². The van der Waals surface area contributed by atoms with Crippen LogP contribution in [0, 0.1) is 17.8 Å². The summed E-state index contributed by atoms with van der Waals surface area (Å²) < 4.78 is 0. The number of hydrogen-bond acceptors (Lipinski definition) is 4. The van der Waals surface area contributed by atoms with Crippen molar-refractivity contribution in [2.24, 2.45) is 23.5 Å². The predicted molar refractivity (Wildman–Crippen MR) is 74.8 cm³/mol. The maximum Gasteiger partial charge on any atom is 0.320 e. The van der Waals surface area contributed by atoms with E-state index in [2.05, 4.69) is 0 Å². The number of carboxylic acid groups (broad SMARTS) is 1. The van der Waals surface area contributed by atoms with Crippen LogP contribution in [0.3, 0.4) is 0 Å². The molecular formula is C16H17NO4.